The first-order chi connectivity index (χ1) is 27.2. The summed E-state index contributed by atoms with van der Waals surface area (Å²) in [4.78, 5) is 76.8. The van der Waals surface area contributed by atoms with Crippen molar-refractivity contribution in [2.24, 2.45) is 0 Å². The molecule has 2 N–H and O–H groups in total. The molecule has 4 aliphatic rings. The Balaban J connectivity index is 0.756. The van der Waals surface area contributed by atoms with Crippen LogP contribution in [0.1, 0.15) is 69.6 Å². The summed E-state index contributed by atoms with van der Waals surface area (Å²) < 4.78 is 12.4. The smallest absolute Gasteiger partial charge is 0.262 e. The lowest BCUT2D eigenvalue weighted by Gasteiger charge is -2.36. The van der Waals surface area contributed by atoms with E-state index in [1.807, 2.05) is 36.4 Å². The highest BCUT2D eigenvalue weighted by molar-refractivity contribution is 6.23. The van der Waals surface area contributed by atoms with Gasteiger partial charge in [-0.15, -0.1) is 0 Å². The number of rotatable bonds is 10. The molecule has 1 atom stereocenters. The van der Waals surface area contributed by atoms with Crippen LogP contribution in [-0.2, 0) is 9.59 Å². The number of carbonyl (C=O) groups is 5. The summed E-state index contributed by atoms with van der Waals surface area (Å²) in [5, 5.41) is 6.23. The van der Waals surface area contributed by atoms with Crippen LogP contribution in [0.3, 0.4) is 0 Å². The van der Waals surface area contributed by atoms with Gasteiger partial charge in [-0.25, -0.2) is 4.85 Å². The molecule has 2 saturated heterocycles. The zero-order chi connectivity index (χ0) is 38.8. The van der Waals surface area contributed by atoms with Crippen molar-refractivity contribution in [2.75, 3.05) is 44.2 Å². The number of piperidine rings is 1. The van der Waals surface area contributed by atoms with E-state index in [4.69, 9.17) is 16.0 Å². The van der Waals surface area contributed by atoms with Gasteiger partial charge in [0, 0.05) is 68.0 Å². The topological polar surface area (TPSA) is 155 Å². The normalized spacial score (nSPS) is 21.4. The first-order valence-corrected chi connectivity index (χ1v) is 19.0. The number of carbonyl (C=O) groups excluding carboxylic acids is 5. The number of imide groups is 2. The van der Waals surface area contributed by atoms with Crippen molar-refractivity contribution < 1.29 is 33.4 Å². The largest absolute Gasteiger partial charge is 0.492 e. The van der Waals surface area contributed by atoms with Gasteiger partial charge in [-0.05, 0) is 92.8 Å². The maximum Gasteiger partial charge on any atom is 0.262 e. The molecule has 1 unspecified atom stereocenters. The van der Waals surface area contributed by atoms with E-state index in [0.29, 0.717) is 29.1 Å². The molecule has 1 saturated carbocycles. The van der Waals surface area contributed by atoms with Gasteiger partial charge in [-0.2, -0.15) is 0 Å². The average molecular weight is 756 g/mol. The van der Waals surface area contributed by atoms with Crippen molar-refractivity contribution in [3.63, 3.8) is 0 Å². The highest BCUT2D eigenvalue weighted by Crippen LogP contribution is 2.35. The third-order valence-electron chi connectivity index (χ3n) is 11.1. The molecule has 3 fully saturated rings. The molecule has 1 aromatic heterocycles. The predicted octanol–water partition coefficient (Wildman–Crippen LogP) is 4.51. The van der Waals surface area contributed by atoms with E-state index in [0.717, 1.165) is 80.1 Å². The zero-order valence-electron chi connectivity index (χ0n) is 30.7. The maximum absolute atomic E-state index is 13.3. The van der Waals surface area contributed by atoms with E-state index in [-0.39, 0.29) is 42.0 Å². The van der Waals surface area contributed by atoms with Gasteiger partial charge in [0.25, 0.3) is 17.7 Å². The first-order valence-electron chi connectivity index (χ1n) is 19.0. The van der Waals surface area contributed by atoms with Crippen LogP contribution < -0.4 is 25.0 Å². The average Bonchev–Trinajstić information content (AvgIpc) is 3.47. The van der Waals surface area contributed by atoms with E-state index in [2.05, 4.69) is 30.3 Å². The Morgan fingerprint density at radius 2 is 1.66 bits per heavy atom. The third kappa shape index (κ3) is 7.50. The fourth-order valence-corrected chi connectivity index (χ4v) is 7.98. The number of aromatic nitrogens is 1. The molecule has 5 amide bonds. The molecule has 0 spiro atoms. The van der Waals surface area contributed by atoms with Crippen molar-refractivity contribution in [2.45, 2.75) is 56.7 Å². The summed E-state index contributed by atoms with van der Waals surface area (Å²) in [5.74, 6) is -0.741. The Kier molecular flexibility index (Phi) is 10.3. The summed E-state index contributed by atoms with van der Waals surface area (Å²) in [7, 11) is 0. The minimum atomic E-state index is -0.987. The molecular weight excluding hydrogens is 715 g/mol. The van der Waals surface area contributed by atoms with Crippen LogP contribution in [0.2, 0.25) is 0 Å². The van der Waals surface area contributed by atoms with E-state index in [9.17, 15) is 24.0 Å². The highest BCUT2D eigenvalue weighted by atomic mass is 16.5. The molecule has 14 heteroatoms. The van der Waals surface area contributed by atoms with Crippen LogP contribution in [0.4, 0.5) is 11.4 Å². The highest BCUT2D eigenvalue weighted by Gasteiger charge is 2.44. The Bertz CT molecular complexity index is 2240. The number of anilines is 1. The van der Waals surface area contributed by atoms with E-state index in [1.165, 1.54) is 0 Å². The van der Waals surface area contributed by atoms with Gasteiger partial charge >= 0.3 is 0 Å². The molecule has 4 heterocycles. The van der Waals surface area contributed by atoms with Crippen LogP contribution in [0.15, 0.2) is 72.9 Å². The number of hydrogen-bond acceptors (Lipinski definition) is 10. The molecule has 3 aromatic carbocycles. The molecule has 14 nitrogen and oxygen atoms in total. The number of piperazine rings is 1. The van der Waals surface area contributed by atoms with E-state index in [1.54, 1.807) is 36.5 Å². The van der Waals surface area contributed by atoms with Crippen molar-refractivity contribution in [1.29, 1.82) is 0 Å². The van der Waals surface area contributed by atoms with E-state index >= 15 is 0 Å². The molecule has 0 radical (unpaired) electrons. The molecule has 1 aliphatic carbocycles. The lowest BCUT2D eigenvalue weighted by atomic mass is 9.92. The molecule has 0 bridgehead atoms. The monoisotopic (exact) mass is 755 g/mol. The van der Waals surface area contributed by atoms with Gasteiger partial charge in [-0.1, -0.05) is 6.07 Å². The van der Waals surface area contributed by atoms with Gasteiger partial charge in [0.2, 0.25) is 17.5 Å². The van der Waals surface area contributed by atoms with Gasteiger partial charge in [0.1, 0.15) is 24.1 Å². The van der Waals surface area contributed by atoms with Crippen molar-refractivity contribution in [3.8, 4) is 11.5 Å². The van der Waals surface area contributed by atoms with Crippen LogP contribution in [0.5, 0.6) is 11.5 Å². The second-order valence-corrected chi connectivity index (χ2v) is 14.5. The summed E-state index contributed by atoms with van der Waals surface area (Å²) >= 11 is 0. The summed E-state index contributed by atoms with van der Waals surface area (Å²) in [6, 6.07) is 18.8. The minimum Gasteiger partial charge on any atom is -0.492 e. The quantitative estimate of drug-likeness (QED) is 0.175. The second-order valence-electron chi connectivity index (χ2n) is 14.5. The second kappa shape index (κ2) is 15.8. The fraction of sp³-hybridized carbons (Fsp3) is 0.357. The van der Waals surface area contributed by atoms with E-state index < -0.39 is 29.7 Å². The standard InChI is InChI=1S/C42H41N7O7/c1-43-34-14-16-36(32-3-2-18-44-38(32)34)56-30-11-6-27(7-12-30)45-39(51)26-4-9-29(10-5-26)55-24-23-47-19-21-48(22-20-47)28-8-13-31-33(25-28)42(54)49(41(31)53)35-15-17-37(50)46-40(35)52/h2-5,8-10,13-14,16,18,25,27,30,35H,6-7,11-12,15,17,19-24H2,(H,45,51)(H,46,50,52). The number of benzene rings is 3. The Morgan fingerprint density at radius 1 is 0.893 bits per heavy atom. The predicted molar refractivity (Wildman–Crippen MR) is 206 cm³/mol. The van der Waals surface area contributed by atoms with Crippen LogP contribution in [0, 0.1) is 6.57 Å². The van der Waals surface area contributed by atoms with Gasteiger partial charge in [-0.3, -0.25) is 44.1 Å². The Labute approximate surface area is 323 Å². The first kappa shape index (κ1) is 36.6. The number of nitrogens with one attached hydrogen (secondary N) is 2. The Hall–Kier alpha value is -6.33. The van der Waals surface area contributed by atoms with Gasteiger partial charge in [0.15, 0.2) is 0 Å². The van der Waals surface area contributed by atoms with Crippen LogP contribution in [0.25, 0.3) is 15.7 Å². The third-order valence-corrected chi connectivity index (χ3v) is 11.1. The molecule has 8 rings (SSSR count). The number of pyridine rings is 1. The number of nitrogens with zero attached hydrogens (tertiary/aromatic N) is 5. The Morgan fingerprint density at radius 3 is 2.41 bits per heavy atom. The van der Waals surface area contributed by atoms with Crippen LogP contribution >= 0.6 is 0 Å². The molecular formula is C42H41N7O7. The van der Waals surface area contributed by atoms with Gasteiger partial charge in [0.05, 0.1) is 29.3 Å². The minimum absolute atomic E-state index is 0.0250. The summed E-state index contributed by atoms with van der Waals surface area (Å²) in [6.07, 6.45) is 5.14. The summed E-state index contributed by atoms with van der Waals surface area (Å²) in [6.45, 7) is 11.6. The molecule has 286 valence electrons. The molecule has 56 heavy (non-hydrogen) atoms. The number of ether oxygens (including phenoxy) is 2. The lowest BCUT2D eigenvalue weighted by molar-refractivity contribution is -0.136. The molecule has 3 aliphatic heterocycles. The van der Waals surface area contributed by atoms with Crippen molar-refractivity contribution in [1.82, 2.24) is 25.4 Å². The zero-order valence-corrected chi connectivity index (χ0v) is 30.7. The fourth-order valence-electron chi connectivity index (χ4n) is 7.98. The van der Waals surface area contributed by atoms with Crippen molar-refractivity contribution in [3.05, 3.63) is 101 Å². The number of fused-ring (bicyclic) bond motifs is 2. The number of amides is 5. The van der Waals surface area contributed by atoms with Gasteiger partial charge < -0.3 is 19.7 Å². The maximum atomic E-state index is 13.3. The number of hydrogen-bond donors (Lipinski definition) is 2. The SMILES string of the molecule is [C-]#[N+]c1ccc(OC2CCC(NC(=O)c3ccc(OCCN4CCN(c5ccc6c(c5)C(=O)N(C5CCC(=O)NC5=O)C6=O)CC4)cc3)CC2)c2cccnc12. The summed E-state index contributed by atoms with van der Waals surface area (Å²) in [5.41, 5.74) is 3.11. The van der Waals surface area contributed by atoms with Crippen molar-refractivity contribution >= 4 is 51.8 Å². The molecule has 4 aromatic rings. The lowest BCUT2D eigenvalue weighted by Crippen LogP contribution is -2.54. The van der Waals surface area contributed by atoms with Crippen LogP contribution in [-0.4, -0.2) is 102 Å².